The van der Waals surface area contributed by atoms with E-state index in [0.717, 1.165) is 31.9 Å². The van der Waals surface area contributed by atoms with Crippen LogP contribution < -0.4 is 10.6 Å². The van der Waals surface area contributed by atoms with E-state index in [1.807, 2.05) is 20.8 Å². The van der Waals surface area contributed by atoms with Crippen molar-refractivity contribution in [3.63, 3.8) is 0 Å². The summed E-state index contributed by atoms with van der Waals surface area (Å²) in [7, 11) is 0. The lowest BCUT2D eigenvalue weighted by Crippen LogP contribution is -2.38. The fourth-order valence-electron chi connectivity index (χ4n) is 3.40. The molecular weight excluding hydrogens is 380 g/mol. The SMILES string of the molecule is CCNC(=NCc1nc(C(C)OCC)no1)NCCc1c[nH]c2c(CC)cccc12. The molecule has 0 aliphatic rings. The van der Waals surface area contributed by atoms with E-state index in [0.29, 0.717) is 24.9 Å². The van der Waals surface area contributed by atoms with Gasteiger partial charge in [0.15, 0.2) is 11.8 Å². The zero-order chi connectivity index (χ0) is 21.3. The number of aliphatic imine (C=N–C) groups is 1. The molecule has 2 heterocycles. The average Bonchev–Trinajstić information content (AvgIpc) is 3.39. The van der Waals surface area contributed by atoms with Crippen molar-refractivity contribution >= 4 is 16.9 Å². The molecule has 0 fully saturated rings. The number of para-hydroxylation sites is 1. The number of aromatic amines is 1. The van der Waals surface area contributed by atoms with Crippen LogP contribution in [0.25, 0.3) is 10.9 Å². The smallest absolute Gasteiger partial charge is 0.248 e. The number of nitrogens with zero attached hydrogens (tertiary/aromatic N) is 3. The van der Waals surface area contributed by atoms with Crippen LogP contribution in [0.5, 0.6) is 0 Å². The number of H-pyrrole nitrogens is 1. The summed E-state index contributed by atoms with van der Waals surface area (Å²) in [6.07, 6.45) is 3.84. The lowest BCUT2D eigenvalue weighted by molar-refractivity contribution is 0.0683. The second-order valence-electron chi connectivity index (χ2n) is 7.02. The Balaban J connectivity index is 1.58. The molecule has 1 aromatic carbocycles. The third-order valence-corrected chi connectivity index (χ3v) is 4.94. The molecule has 0 aliphatic carbocycles. The Morgan fingerprint density at radius 3 is 2.87 bits per heavy atom. The Labute approximate surface area is 177 Å². The molecule has 3 aromatic rings. The maximum absolute atomic E-state index is 5.49. The number of guanidine groups is 1. The van der Waals surface area contributed by atoms with Gasteiger partial charge in [-0.05, 0) is 44.7 Å². The molecule has 8 nitrogen and oxygen atoms in total. The van der Waals surface area contributed by atoms with Gasteiger partial charge in [-0.15, -0.1) is 0 Å². The summed E-state index contributed by atoms with van der Waals surface area (Å²) in [5.41, 5.74) is 3.89. The highest BCUT2D eigenvalue weighted by Gasteiger charge is 2.13. The zero-order valence-electron chi connectivity index (χ0n) is 18.3. The van der Waals surface area contributed by atoms with Crippen LogP contribution in [0.1, 0.15) is 56.6 Å². The molecule has 0 bridgehead atoms. The van der Waals surface area contributed by atoms with Gasteiger partial charge in [0.25, 0.3) is 0 Å². The van der Waals surface area contributed by atoms with Crippen LogP contribution in [0.4, 0.5) is 0 Å². The van der Waals surface area contributed by atoms with Gasteiger partial charge >= 0.3 is 0 Å². The summed E-state index contributed by atoms with van der Waals surface area (Å²) >= 11 is 0. The molecule has 0 aliphatic heterocycles. The minimum absolute atomic E-state index is 0.188. The van der Waals surface area contributed by atoms with Gasteiger partial charge in [0, 0.05) is 36.8 Å². The number of benzene rings is 1. The largest absolute Gasteiger partial charge is 0.371 e. The molecule has 3 rings (SSSR count). The molecule has 8 heteroatoms. The van der Waals surface area contributed by atoms with Crippen LogP contribution in [0.3, 0.4) is 0 Å². The number of rotatable bonds is 10. The van der Waals surface area contributed by atoms with Crippen LogP contribution >= 0.6 is 0 Å². The van der Waals surface area contributed by atoms with Crippen molar-refractivity contribution < 1.29 is 9.26 Å². The fourth-order valence-corrected chi connectivity index (χ4v) is 3.40. The minimum Gasteiger partial charge on any atom is -0.371 e. The Hall–Kier alpha value is -2.87. The molecular formula is C22H32N6O2. The van der Waals surface area contributed by atoms with Crippen molar-refractivity contribution in [2.75, 3.05) is 19.7 Å². The fraction of sp³-hybridized carbons (Fsp3) is 0.500. The second kappa shape index (κ2) is 10.8. The standard InChI is InChI=1S/C22H32N6O2/c1-5-16-9-8-10-18-17(13-25-20(16)18)11-12-24-22(23-6-2)26-14-19-27-21(28-30-19)15(4)29-7-3/h8-10,13,15,25H,5-7,11-12,14H2,1-4H3,(H2,23,24,26). The van der Waals surface area contributed by atoms with Crippen LogP contribution in [0.15, 0.2) is 33.9 Å². The first kappa shape index (κ1) is 21.8. The number of aromatic nitrogens is 3. The summed E-state index contributed by atoms with van der Waals surface area (Å²) in [5, 5.41) is 11.9. The van der Waals surface area contributed by atoms with E-state index in [1.54, 1.807) is 0 Å². The van der Waals surface area contributed by atoms with Crippen molar-refractivity contribution in [3.05, 3.63) is 47.2 Å². The van der Waals surface area contributed by atoms with Crippen molar-refractivity contribution in [3.8, 4) is 0 Å². The van der Waals surface area contributed by atoms with E-state index >= 15 is 0 Å². The molecule has 0 amide bonds. The average molecular weight is 413 g/mol. The summed E-state index contributed by atoms with van der Waals surface area (Å²) in [6.45, 7) is 10.5. The number of aryl methyl sites for hydroxylation is 1. The predicted octanol–water partition coefficient (Wildman–Crippen LogP) is 3.51. The lowest BCUT2D eigenvalue weighted by atomic mass is 10.1. The molecule has 30 heavy (non-hydrogen) atoms. The molecule has 162 valence electrons. The van der Waals surface area contributed by atoms with Crippen molar-refractivity contribution in [1.82, 2.24) is 25.8 Å². The zero-order valence-corrected chi connectivity index (χ0v) is 18.3. The second-order valence-corrected chi connectivity index (χ2v) is 7.02. The van der Waals surface area contributed by atoms with Crippen LogP contribution in [0, 0.1) is 0 Å². The van der Waals surface area contributed by atoms with E-state index in [-0.39, 0.29) is 6.10 Å². The van der Waals surface area contributed by atoms with Gasteiger partial charge in [-0.3, -0.25) is 0 Å². The first-order valence-corrected chi connectivity index (χ1v) is 10.7. The number of hydrogen-bond donors (Lipinski definition) is 3. The molecule has 0 saturated carbocycles. The first-order chi connectivity index (χ1) is 14.7. The highest BCUT2D eigenvalue weighted by atomic mass is 16.5. The van der Waals surface area contributed by atoms with Gasteiger partial charge in [0.2, 0.25) is 5.89 Å². The Morgan fingerprint density at radius 1 is 1.23 bits per heavy atom. The third kappa shape index (κ3) is 5.38. The Bertz CT molecular complexity index is 962. The lowest BCUT2D eigenvalue weighted by Gasteiger charge is -2.10. The number of hydrogen-bond acceptors (Lipinski definition) is 5. The van der Waals surface area contributed by atoms with Gasteiger partial charge in [-0.2, -0.15) is 4.98 Å². The molecule has 2 aromatic heterocycles. The van der Waals surface area contributed by atoms with E-state index < -0.39 is 0 Å². The van der Waals surface area contributed by atoms with Crippen molar-refractivity contribution in [2.45, 2.75) is 53.2 Å². The Kier molecular flexibility index (Phi) is 7.84. The molecule has 1 atom stereocenters. The summed E-state index contributed by atoms with van der Waals surface area (Å²) in [4.78, 5) is 12.3. The number of fused-ring (bicyclic) bond motifs is 1. The molecule has 0 spiro atoms. The van der Waals surface area contributed by atoms with Gasteiger partial charge in [-0.25, -0.2) is 4.99 Å². The first-order valence-electron chi connectivity index (χ1n) is 10.7. The maximum atomic E-state index is 5.49. The Morgan fingerprint density at radius 2 is 2.10 bits per heavy atom. The van der Waals surface area contributed by atoms with Gasteiger partial charge in [0.1, 0.15) is 12.6 Å². The van der Waals surface area contributed by atoms with Crippen molar-refractivity contribution in [2.24, 2.45) is 4.99 Å². The van der Waals surface area contributed by atoms with Crippen molar-refractivity contribution in [1.29, 1.82) is 0 Å². The number of ether oxygens (including phenoxy) is 1. The maximum Gasteiger partial charge on any atom is 0.248 e. The normalized spacial score (nSPS) is 13.0. The van der Waals surface area contributed by atoms with Crippen LogP contribution in [-0.4, -0.2) is 40.8 Å². The van der Waals surface area contributed by atoms with Gasteiger partial charge < -0.3 is 24.9 Å². The summed E-state index contributed by atoms with van der Waals surface area (Å²) in [6, 6.07) is 6.48. The predicted molar refractivity (Wildman–Crippen MR) is 119 cm³/mol. The third-order valence-electron chi connectivity index (χ3n) is 4.94. The highest BCUT2D eigenvalue weighted by molar-refractivity contribution is 5.86. The minimum atomic E-state index is -0.188. The quantitative estimate of drug-likeness (QED) is 0.348. The monoisotopic (exact) mass is 412 g/mol. The number of nitrogens with one attached hydrogen (secondary N) is 3. The molecule has 1 unspecified atom stereocenters. The van der Waals surface area contributed by atoms with E-state index in [1.165, 1.54) is 22.0 Å². The molecule has 0 radical (unpaired) electrons. The topological polar surface area (TPSA) is 100 Å². The van der Waals surface area contributed by atoms with Crippen LogP contribution in [-0.2, 0) is 24.1 Å². The highest BCUT2D eigenvalue weighted by Crippen LogP contribution is 2.22. The molecule has 0 saturated heterocycles. The summed E-state index contributed by atoms with van der Waals surface area (Å²) < 4.78 is 10.8. The van der Waals surface area contributed by atoms with Crippen LogP contribution in [0.2, 0.25) is 0 Å². The van der Waals surface area contributed by atoms with Gasteiger partial charge in [-0.1, -0.05) is 30.3 Å². The van der Waals surface area contributed by atoms with Gasteiger partial charge in [0.05, 0.1) is 0 Å². The van der Waals surface area contributed by atoms with E-state index in [2.05, 4.69) is 62.1 Å². The van der Waals surface area contributed by atoms with E-state index in [4.69, 9.17) is 9.26 Å². The molecule has 3 N–H and O–H groups in total. The van der Waals surface area contributed by atoms with E-state index in [9.17, 15) is 0 Å². The summed E-state index contributed by atoms with van der Waals surface area (Å²) in [5.74, 6) is 1.74.